The average Bonchev–Trinajstić information content (AvgIpc) is 2.55. The number of rotatable bonds is 4. The molecule has 0 aromatic heterocycles. The van der Waals surface area contributed by atoms with Crippen molar-refractivity contribution in [3.05, 3.63) is 59.2 Å². The minimum absolute atomic E-state index is 0.243. The van der Waals surface area contributed by atoms with E-state index in [0.717, 1.165) is 29.9 Å². The summed E-state index contributed by atoms with van der Waals surface area (Å²) in [5.74, 6) is 5.10. The van der Waals surface area contributed by atoms with Gasteiger partial charge < -0.3 is 0 Å². The van der Waals surface area contributed by atoms with Crippen LogP contribution in [0.25, 0.3) is 0 Å². The topological polar surface area (TPSA) is 12.4 Å². The second-order valence-corrected chi connectivity index (χ2v) is 5.97. The summed E-state index contributed by atoms with van der Waals surface area (Å²) in [7, 11) is 0. The summed E-state index contributed by atoms with van der Waals surface area (Å²) in [6, 6.07) is 10.0. The van der Waals surface area contributed by atoms with Gasteiger partial charge in [0.25, 0.3) is 0 Å². The zero-order valence-corrected chi connectivity index (χ0v) is 14.0. The lowest BCUT2D eigenvalue weighted by Gasteiger charge is -2.00. The maximum absolute atomic E-state index is 13.7. The first-order chi connectivity index (χ1) is 11.1. The van der Waals surface area contributed by atoms with Crippen LogP contribution in [0.4, 0.5) is 14.5 Å². The Morgan fingerprint density at radius 3 is 2.22 bits per heavy atom. The molecule has 0 aliphatic carbocycles. The van der Waals surface area contributed by atoms with E-state index in [2.05, 4.69) is 36.0 Å². The average molecular weight is 345 g/mol. The van der Waals surface area contributed by atoms with Gasteiger partial charge in [-0.25, -0.2) is 8.78 Å². The van der Waals surface area contributed by atoms with Crippen molar-refractivity contribution < 1.29 is 8.78 Å². The van der Waals surface area contributed by atoms with Crippen LogP contribution in [0.3, 0.4) is 0 Å². The summed E-state index contributed by atoms with van der Waals surface area (Å²) in [6.07, 6.45) is 1.12. The fourth-order valence-corrected chi connectivity index (χ4v) is 2.65. The van der Waals surface area contributed by atoms with Gasteiger partial charge >= 0.3 is 0 Å². The fraction of sp³-hybridized carbons (Fsp3) is 0.167. The quantitative estimate of drug-likeness (QED) is 0.309. The molecule has 1 nitrogen and oxygen atoms in total. The van der Waals surface area contributed by atoms with E-state index in [1.54, 1.807) is 11.8 Å². The first kappa shape index (κ1) is 17.4. The third-order valence-electron chi connectivity index (χ3n) is 2.85. The molecule has 0 saturated heterocycles. The molecule has 0 N–H and O–H groups in total. The van der Waals surface area contributed by atoms with E-state index in [0.29, 0.717) is 0 Å². The normalized spacial score (nSPS) is 9.70. The lowest BCUT2D eigenvalue weighted by atomic mass is 10.1. The molecule has 0 aliphatic heterocycles. The van der Waals surface area contributed by atoms with Gasteiger partial charge in [-0.15, -0.1) is 11.8 Å². The van der Waals surface area contributed by atoms with Crippen LogP contribution in [0.2, 0.25) is 0 Å². The van der Waals surface area contributed by atoms with E-state index >= 15 is 0 Å². The minimum atomic E-state index is -0.807. The predicted molar refractivity (Wildman–Crippen MR) is 94.5 cm³/mol. The molecule has 2 rings (SSSR count). The molecule has 0 aliphatic rings. The lowest BCUT2D eigenvalue weighted by Crippen LogP contribution is -1.86. The Labute approximate surface area is 143 Å². The molecule has 0 fully saturated rings. The van der Waals surface area contributed by atoms with Crippen LogP contribution < -0.4 is 0 Å². The summed E-state index contributed by atoms with van der Waals surface area (Å²) in [5, 5.41) is 1.95. The molecule has 0 radical (unpaired) electrons. The number of benzene rings is 2. The van der Waals surface area contributed by atoms with Gasteiger partial charge in [0, 0.05) is 16.0 Å². The third-order valence-corrected chi connectivity index (χ3v) is 4.16. The Morgan fingerprint density at radius 1 is 1.04 bits per heavy atom. The number of isothiocyanates is 1. The number of hydrogen-bond donors (Lipinski definition) is 0. The third kappa shape index (κ3) is 5.01. The van der Waals surface area contributed by atoms with Crippen molar-refractivity contribution in [1.29, 1.82) is 0 Å². The first-order valence-electron chi connectivity index (χ1n) is 6.96. The zero-order valence-electron chi connectivity index (χ0n) is 12.4. The van der Waals surface area contributed by atoms with E-state index < -0.39 is 17.3 Å². The molecule has 0 unspecified atom stereocenters. The van der Waals surface area contributed by atoms with Gasteiger partial charge in [-0.3, -0.25) is 0 Å². The number of nitrogens with zero attached hydrogens (tertiary/aromatic N) is 1. The van der Waals surface area contributed by atoms with Crippen LogP contribution in [-0.4, -0.2) is 10.9 Å². The summed E-state index contributed by atoms with van der Waals surface area (Å²) < 4.78 is 27.4. The van der Waals surface area contributed by atoms with E-state index in [1.165, 1.54) is 4.90 Å². The fourth-order valence-electron chi connectivity index (χ4n) is 1.79. The summed E-state index contributed by atoms with van der Waals surface area (Å²) >= 11 is 6.14. The predicted octanol–water partition coefficient (Wildman–Crippen LogP) is 5.60. The van der Waals surface area contributed by atoms with Crippen molar-refractivity contribution in [3.63, 3.8) is 0 Å². The van der Waals surface area contributed by atoms with Crippen LogP contribution in [0, 0.1) is 23.5 Å². The standard InChI is InChI=1S/C18H13F2NS2/c1-2-9-23-15-7-5-13(6-8-15)3-4-14-10-16(19)18(21-12-22)17(20)11-14/h5-8,10-11H,2,9H2,1H3. The monoisotopic (exact) mass is 345 g/mol. The van der Waals surface area contributed by atoms with Crippen LogP contribution in [0.1, 0.15) is 24.5 Å². The van der Waals surface area contributed by atoms with Crippen molar-refractivity contribution in [2.75, 3.05) is 5.75 Å². The Bertz CT molecular complexity index is 775. The van der Waals surface area contributed by atoms with Crippen LogP contribution >= 0.6 is 24.0 Å². The Kier molecular flexibility index (Phi) is 6.49. The molecule has 23 heavy (non-hydrogen) atoms. The molecule has 0 amide bonds. The van der Waals surface area contributed by atoms with Gasteiger partial charge in [0.05, 0.1) is 5.16 Å². The van der Waals surface area contributed by atoms with Gasteiger partial charge in [-0.1, -0.05) is 18.8 Å². The highest BCUT2D eigenvalue weighted by atomic mass is 32.2. The molecule has 2 aromatic rings. The molecule has 0 atom stereocenters. The Hall–Kier alpha value is -1.99. The van der Waals surface area contributed by atoms with Crippen molar-refractivity contribution in [2.24, 2.45) is 4.99 Å². The highest BCUT2D eigenvalue weighted by Crippen LogP contribution is 2.23. The van der Waals surface area contributed by atoms with Crippen molar-refractivity contribution in [3.8, 4) is 11.8 Å². The molecular weight excluding hydrogens is 332 g/mol. The summed E-state index contributed by atoms with van der Waals surface area (Å²) in [6.45, 7) is 2.13. The number of aliphatic imine (C=N–C) groups is 1. The number of thiocarbonyl (C=S) groups is 1. The smallest absolute Gasteiger partial charge is 0.153 e. The number of halogens is 2. The molecule has 5 heteroatoms. The van der Waals surface area contributed by atoms with E-state index in [4.69, 9.17) is 0 Å². The zero-order chi connectivity index (χ0) is 16.7. The van der Waals surface area contributed by atoms with Crippen LogP contribution in [-0.2, 0) is 0 Å². The van der Waals surface area contributed by atoms with Gasteiger partial charge in [0.1, 0.15) is 5.69 Å². The van der Waals surface area contributed by atoms with Gasteiger partial charge in [0.15, 0.2) is 11.6 Å². The van der Waals surface area contributed by atoms with Gasteiger partial charge in [0.2, 0.25) is 0 Å². The highest BCUT2D eigenvalue weighted by molar-refractivity contribution is 7.99. The summed E-state index contributed by atoms with van der Waals surface area (Å²) in [4.78, 5) is 4.54. The molecule has 0 bridgehead atoms. The SMILES string of the molecule is CCCSc1ccc(C#Cc2cc(F)c(N=C=S)c(F)c2)cc1. The molecule has 0 saturated carbocycles. The van der Waals surface area contributed by atoms with Crippen LogP contribution in [0.5, 0.6) is 0 Å². The van der Waals surface area contributed by atoms with E-state index in [1.807, 2.05) is 29.4 Å². The molecule has 2 aromatic carbocycles. The van der Waals surface area contributed by atoms with Crippen LogP contribution in [0.15, 0.2) is 46.3 Å². The van der Waals surface area contributed by atoms with E-state index in [-0.39, 0.29) is 5.56 Å². The van der Waals surface area contributed by atoms with Gasteiger partial charge in [-0.05, 0) is 60.8 Å². The van der Waals surface area contributed by atoms with Crippen molar-refractivity contribution in [2.45, 2.75) is 18.2 Å². The minimum Gasteiger partial charge on any atom is -0.204 e. The van der Waals surface area contributed by atoms with E-state index in [9.17, 15) is 8.78 Å². The largest absolute Gasteiger partial charge is 0.204 e. The molecule has 0 spiro atoms. The molecule has 116 valence electrons. The Morgan fingerprint density at radius 2 is 1.65 bits per heavy atom. The Balaban J connectivity index is 2.20. The first-order valence-corrected chi connectivity index (χ1v) is 8.35. The van der Waals surface area contributed by atoms with Crippen molar-refractivity contribution in [1.82, 2.24) is 0 Å². The maximum atomic E-state index is 13.7. The second-order valence-electron chi connectivity index (χ2n) is 4.61. The number of thioether (sulfide) groups is 1. The summed E-state index contributed by atoms with van der Waals surface area (Å²) in [5.41, 5.74) is 0.586. The molecular formula is C18H13F2NS2. The molecule has 0 heterocycles. The highest BCUT2D eigenvalue weighted by Gasteiger charge is 2.09. The van der Waals surface area contributed by atoms with Crippen molar-refractivity contribution >= 4 is 34.8 Å². The lowest BCUT2D eigenvalue weighted by molar-refractivity contribution is 0.587. The second kappa shape index (κ2) is 8.59. The maximum Gasteiger partial charge on any atom is 0.153 e. The van der Waals surface area contributed by atoms with Gasteiger partial charge in [-0.2, -0.15) is 4.99 Å². The number of hydrogen-bond acceptors (Lipinski definition) is 3.